The second-order valence-electron chi connectivity index (χ2n) is 10.3. The lowest BCUT2D eigenvalue weighted by Gasteiger charge is -2.49. The van der Waals surface area contributed by atoms with Crippen molar-refractivity contribution in [2.24, 2.45) is 11.1 Å². The van der Waals surface area contributed by atoms with Crippen LogP contribution in [0.3, 0.4) is 0 Å². The fraction of sp³-hybridized carbons (Fsp3) is 0.433. The molecule has 1 amide bonds. The van der Waals surface area contributed by atoms with Gasteiger partial charge in [0, 0.05) is 46.2 Å². The zero-order chi connectivity index (χ0) is 25.8. The summed E-state index contributed by atoms with van der Waals surface area (Å²) in [6.07, 6.45) is 5.86. The minimum Gasteiger partial charge on any atom is -0.396 e. The van der Waals surface area contributed by atoms with E-state index in [1.807, 2.05) is 42.2 Å². The van der Waals surface area contributed by atoms with Crippen LogP contribution in [0.15, 0.2) is 70.4 Å². The summed E-state index contributed by atoms with van der Waals surface area (Å²) in [6, 6.07) is 18.1. The molecule has 2 aliphatic heterocycles. The van der Waals surface area contributed by atoms with Gasteiger partial charge in [0.05, 0.1) is 11.2 Å². The number of aromatic nitrogens is 1. The van der Waals surface area contributed by atoms with E-state index in [4.69, 9.17) is 4.84 Å². The van der Waals surface area contributed by atoms with Gasteiger partial charge in [0.1, 0.15) is 6.61 Å². The van der Waals surface area contributed by atoms with Gasteiger partial charge in [-0.1, -0.05) is 45.4 Å². The number of rotatable bonds is 6. The minimum atomic E-state index is 0.108. The third-order valence-corrected chi connectivity index (χ3v) is 8.61. The van der Waals surface area contributed by atoms with Crippen molar-refractivity contribution in [2.75, 3.05) is 32.8 Å². The zero-order valence-electron chi connectivity index (χ0n) is 21.7. The van der Waals surface area contributed by atoms with E-state index in [1.165, 1.54) is 0 Å². The van der Waals surface area contributed by atoms with E-state index in [1.54, 1.807) is 6.20 Å². The molecule has 194 valence electrons. The Morgan fingerprint density at radius 1 is 1.05 bits per heavy atom. The Morgan fingerprint density at radius 2 is 1.78 bits per heavy atom. The van der Waals surface area contributed by atoms with Crippen LogP contribution in [-0.2, 0) is 4.84 Å². The molecule has 2 aliphatic rings. The summed E-state index contributed by atoms with van der Waals surface area (Å²) in [6.45, 7) is 8.55. The average molecular weight is 564 g/mol. The van der Waals surface area contributed by atoms with Crippen LogP contribution in [0.2, 0.25) is 0 Å². The SMILES string of the molecule is CCO/N=C(/c1ccc(Br)cc1)C1CCN(C2(C)CCN(C(=O)c3cccc4ncccc34)CC2)CC1. The fourth-order valence-electron chi connectivity index (χ4n) is 5.78. The molecule has 1 aromatic heterocycles. The number of carbonyl (C=O) groups is 1. The van der Waals surface area contributed by atoms with Gasteiger partial charge in [0.15, 0.2) is 0 Å². The smallest absolute Gasteiger partial charge is 0.254 e. The first-order chi connectivity index (χ1) is 18.0. The maximum Gasteiger partial charge on any atom is 0.254 e. The van der Waals surface area contributed by atoms with Crippen molar-refractivity contribution in [1.82, 2.24) is 14.8 Å². The monoisotopic (exact) mass is 562 g/mol. The zero-order valence-corrected chi connectivity index (χ0v) is 23.3. The number of pyridine rings is 1. The van der Waals surface area contributed by atoms with Crippen molar-refractivity contribution in [3.05, 3.63) is 76.4 Å². The van der Waals surface area contributed by atoms with Crippen molar-refractivity contribution in [2.45, 2.75) is 45.1 Å². The largest absolute Gasteiger partial charge is 0.396 e. The summed E-state index contributed by atoms with van der Waals surface area (Å²) in [5.41, 5.74) is 3.93. The molecule has 0 saturated carbocycles. The Hall–Kier alpha value is -2.77. The highest BCUT2D eigenvalue weighted by Crippen LogP contribution is 2.34. The van der Waals surface area contributed by atoms with Gasteiger partial charge in [-0.05, 0) is 88.5 Å². The molecule has 37 heavy (non-hydrogen) atoms. The van der Waals surface area contributed by atoms with E-state index in [0.29, 0.717) is 12.5 Å². The van der Waals surface area contributed by atoms with Gasteiger partial charge in [-0.3, -0.25) is 14.7 Å². The lowest BCUT2D eigenvalue weighted by Crippen LogP contribution is -2.56. The molecule has 7 heteroatoms. The number of fused-ring (bicyclic) bond motifs is 1. The second kappa shape index (κ2) is 11.3. The second-order valence-corrected chi connectivity index (χ2v) is 11.2. The molecule has 0 aliphatic carbocycles. The number of hydrogen-bond acceptors (Lipinski definition) is 5. The minimum absolute atomic E-state index is 0.108. The lowest BCUT2D eigenvalue weighted by molar-refractivity contribution is 0.0162. The quantitative estimate of drug-likeness (QED) is 0.267. The number of oxime groups is 1. The van der Waals surface area contributed by atoms with E-state index in [0.717, 1.165) is 84.1 Å². The van der Waals surface area contributed by atoms with Gasteiger partial charge in [0.25, 0.3) is 5.91 Å². The molecule has 5 rings (SSSR count). The van der Waals surface area contributed by atoms with Crippen LogP contribution in [0.1, 0.15) is 55.5 Å². The molecular weight excluding hydrogens is 528 g/mol. The number of likely N-dealkylation sites (tertiary alicyclic amines) is 2. The normalized spacial score (nSPS) is 19.2. The van der Waals surface area contributed by atoms with Crippen LogP contribution < -0.4 is 0 Å². The van der Waals surface area contributed by atoms with Gasteiger partial charge in [-0.15, -0.1) is 0 Å². The van der Waals surface area contributed by atoms with Crippen molar-refractivity contribution >= 4 is 38.5 Å². The van der Waals surface area contributed by atoms with Crippen LogP contribution in [0.25, 0.3) is 10.9 Å². The van der Waals surface area contributed by atoms with Crippen LogP contribution >= 0.6 is 15.9 Å². The first kappa shape index (κ1) is 25.9. The van der Waals surface area contributed by atoms with Gasteiger partial charge in [0.2, 0.25) is 0 Å². The summed E-state index contributed by atoms with van der Waals surface area (Å²) in [5, 5.41) is 5.47. The summed E-state index contributed by atoms with van der Waals surface area (Å²) in [7, 11) is 0. The Kier molecular flexibility index (Phi) is 7.91. The van der Waals surface area contributed by atoms with Gasteiger partial charge < -0.3 is 9.74 Å². The van der Waals surface area contributed by atoms with Gasteiger partial charge >= 0.3 is 0 Å². The van der Waals surface area contributed by atoms with Gasteiger partial charge in [-0.2, -0.15) is 0 Å². The standard InChI is InChI=1S/C30H35BrN4O2/c1-3-37-33-28(22-9-11-24(31)12-10-22)23-13-18-35(19-14-23)30(2)15-20-34(21-16-30)29(36)26-6-4-8-27-25(26)7-5-17-32-27/h4-12,17,23H,3,13-16,18-21H2,1-2H3/b33-28-. The number of benzene rings is 2. The molecule has 0 bridgehead atoms. The number of amides is 1. The molecule has 0 unspecified atom stereocenters. The number of hydrogen-bond donors (Lipinski definition) is 0. The lowest BCUT2D eigenvalue weighted by atomic mass is 9.82. The van der Waals surface area contributed by atoms with Crippen molar-refractivity contribution in [1.29, 1.82) is 0 Å². The molecule has 6 nitrogen and oxygen atoms in total. The molecule has 0 N–H and O–H groups in total. The van der Waals surface area contributed by atoms with Crippen LogP contribution in [0, 0.1) is 5.92 Å². The van der Waals surface area contributed by atoms with Crippen molar-refractivity contribution < 1.29 is 9.63 Å². The molecule has 0 spiro atoms. The topological polar surface area (TPSA) is 58.0 Å². The van der Waals surface area contributed by atoms with Gasteiger partial charge in [-0.25, -0.2) is 0 Å². The summed E-state index contributed by atoms with van der Waals surface area (Å²) in [4.78, 5) is 28.0. The maximum atomic E-state index is 13.4. The van der Waals surface area contributed by atoms with E-state index < -0.39 is 0 Å². The summed E-state index contributed by atoms with van der Waals surface area (Å²) in [5.74, 6) is 0.500. The van der Waals surface area contributed by atoms with Crippen LogP contribution in [0.4, 0.5) is 0 Å². The molecule has 2 fully saturated rings. The van der Waals surface area contributed by atoms with E-state index >= 15 is 0 Å². The highest BCUT2D eigenvalue weighted by atomic mass is 79.9. The highest BCUT2D eigenvalue weighted by molar-refractivity contribution is 9.10. The van der Waals surface area contributed by atoms with Crippen molar-refractivity contribution in [3.8, 4) is 0 Å². The molecular formula is C30H35BrN4O2. The Morgan fingerprint density at radius 3 is 2.49 bits per heavy atom. The number of piperidine rings is 2. The summed E-state index contributed by atoms with van der Waals surface area (Å²) < 4.78 is 1.07. The van der Waals surface area contributed by atoms with E-state index in [2.05, 4.69) is 62.2 Å². The number of carbonyl (C=O) groups excluding carboxylic acids is 1. The highest BCUT2D eigenvalue weighted by Gasteiger charge is 2.39. The number of nitrogens with zero attached hydrogens (tertiary/aromatic N) is 4. The molecule has 0 atom stereocenters. The molecule has 3 aromatic rings. The van der Waals surface area contributed by atoms with Crippen molar-refractivity contribution in [3.63, 3.8) is 0 Å². The van der Waals surface area contributed by atoms with Crippen LogP contribution in [0.5, 0.6) is 0 Å². The summed E-state index contributed by atoms with van der Waals surface area (Å²) >= 11 is 3.53. The first-order valence-corrected chi connectivity index (χ1v) is 14.1. The molecule has 0 radical (unpaired) electrons. The predicted octanol–water partition coefficient (Wildman–Crippen LogP) is 6.14. The fourth-order valence-corrected chi connectivity index (χ4v) is 6.04. The first-order valence-electron chi connectivity index (χ1n) is 13.3. The molecule has 3 heterocycles. The Labute approximate surface area is 227 Å². The maximum absolute atomic E-state index is 13.4. The Balaban J connectivity index is 1.21. The Bertz CT molecular complexity index is 1250. The number of halogens is 1. The third-order valence-electron chi connectivity index (χ3n) is 8.08. The average Bonchev–Trinajstić information content (AvgIpc) is 2.94. The van der Waals surface area contributed by atoms with Crippen LogP contribution in [-0.4, -0.2) is 64.7 Å². The van der Waals surface area contributed by atoms with E-state index in [9.17, 15) is 4.79 Å². The predicted molar refractivity (Wildman–Crippen MR) is 152 cm³/mol. The van der Waals surface area contributed by atoms with E-state index in [-0.39, 0.29) is 11.4 Å². The third kappa shape index (κ3) is 5.58. The molecule has 2 saturated heterocycles. The molecule has 2 aromatic carbocycles.